The van der Waals surface area contributed by atoms with Crippen molar-refractivity contribution >= 4 is 34.5 Å². The Morgan fingerprint density at radius 1 is 1.00 bits per heavy atom. The van der Waals surface area contributed by atoms with Gasteiger partial charge in [-0.2, -0.15) is 0 Å². The molecule has 0 unspecified atom stereocenters. The summed E-state index contributed by atoms with van der Waals surface area (Å²) < 4.78 is 13.0. The number of carbonyl (C=O) groups is 2. The van der Waals surface area contributed by atoms with E-state index in [-0.39, 0.29) is 24.2 Å². The van der Waals surface area contributed by atoms with Crippen LogP contribution < -0.4 is 15.4 Å². The molecule has 2 aromatic heterocycles. The Morgan fingerprint density at radius 2 is 1.85 bits per heavy atom. The van der Waals surface area contributed by atoms with Crippen LogP contribution in [0.1, 0.15) is 48.7 Å². The molecule has 1 fully saturated rings. The molecule has 8 nitrogen and oxygen atoms in total. The van der Waals surface area contributed by atoms with E-state index < -0.39 is 0 Å². The molecule has 0 spiro atoms. The summed E-state index contributed by atoms with van der Waals surface area (Å²) >= 11 is 0. The molecule has 0 bridgehead atoms. The Labute approximate surface area is 196 Å². The van der Waals surface area contributed by atoms with Gasteiger partial charge in [-0.25, -0.2) is 4.98 Å². The van der Waals surface area contributed by atoms with Gasteiger partial charge in [0.2, 0.25) is 5.95 Å². The minimum atomic E-state index is -0.360. The largest absolute Gasteiger partial charge is 0.484 e. The number of para-hydroxylation sites is 2. The molecule has 0 atom stereocenters. The number of aromatic nitrogens is 2. The minimum Gasteiger partial charge on any atom is -0.484 e. The fraction of sp³-hybridized carbons (Fsp3) is 0.269. The highest BCUT2D eigenvalue weighted by molar-refractivity contribution is 6.02. The first-order valence-electron chi connectivity index (χ1n) is 11.5. The third kappa shape index (κ3) is 4.80. The highest BCUT2D eigenvalue weighted by atomic mass is 16.5. The summed E-state index contributed by atoms with van der Waals surface area (Å²) in [5.74, 6) is 0.583. The summed E-state index contributed by atoms with van der Waals surface area (Å²) in [5.41, 5.74) is 2.44. The maximum Gasteiger partial charge on any atom is 0.291 e. The number of furan rings is 1. The van der Waals surface area contributed by atoms with E-state index in [1.54, 1.807) is 36.4 Å². The molecule has 2 N–H and O–H groups in total. The van der Waals surface area contributed by atoms with Crippen LogP contribution >= 0.6 is 0 Å². The van der Waals surface area contributed by atoms with Gasteiger partial charge in [0.1, 0.15) is 5.75 Å². The van der Waals surface area contributed by atoms with Gasteiger partial charge in [-0.3, -0.25) is 14.9 Å². The number of rotatable bonds is 7. The maximum atomic E-state index is 12.7. The van der Waals surface area contributed by atoms with Gasteiger partial charge in [0.05, 0.1) is 17.3 Å². The highest BCUT2D eigenvalue weighted by Gasteiger charge is 2.22. The zero-order valence-electron chi connectivity index (χ0n) is 18.7. The van der Waals surface area contributed by atoms with Crippen molar-refractivity contribution in [3.05, 3.63) is 72.7 Å². The molecule has 5 rings (SSSR count). The molecular formula is C26H26N4O4. The van der Waals surface area contributed by atoms with Crippen molar-refractivity contribution in [2.45, 2.75) is 38.1 Å². The van der Waals surface area contributed by atoms with Crippen molar-refractivity contribution < 1.29 is 18.7 Å². The monoisotopic (exact) mass is 458 g/mol. The second kappa shape index (κ2) is 9.82. The minimum absolute atomic E-state index is 0.177. The predicted molar refractivity (Wildman–Crippen MR) is 129 cm³/mol. The normalized spacial score (nSPS) is 14.1. The van der Waals surface area contributed by atoms with Gasteiger partial charge < -0.3 is 19.0 Å². The van der Waals surface area contributed by atoms with E-state index in [9.17, 15) is 9.59 Å². The van der Waals surface area contributed by atoms with E-state index in [4.69, 9.17) is 9.15 Å². The molecule has 1 aliphatic rings. The first-order valence-corrected chi connectivity index (χ1v) is 11.5. The zero-order valence-corrected chi connectivity index (χ0v) is 18.7. The molecule has 0 aliphatic heterocycles. The van der Waals surface area contributed by atoms with Gasteiger partial charge in [0, 0.05) is 17.8 Å². The van der Waals surface area contributed by atoms with Crippen LogP contribution in [0.3, 0.4) is 0 Å². The van der Waals surface area contributed by atoms with Crippen molar-refractivity contribution in [1.29, 1.82) is 0 Å². The lowest BCUT2D eigenvalue weighted by molar-refractivity contribution is -0.118. The van der Waals surface area contributed by atoms with Crippen LogP contribution in [0.5, 0.6) is 5.75 Å². The van der Waals surface area contributed by atoms with Gasteiger partial charge in [0.15, 0.2) is 12.4 Å². The Balaban J connectivity index is 1.25. The van der Waals surface area contributed by atoms with E-state index >= 15 is 0 Å². The summed E-state index contributed by atoms with van der Waals surface area (Å²) in [4.78, 5) is 29.6. The average Bonchev–Trinajstić information content (AvgIpc) is 3.52. The fourth-order valence-corrected chi connectivity index (χ4v) is 4.42. The van der Waals surface area contributed by atoms with Crippen LogP contribution in [-0.4, -0.2) is 28.0 Å². The van der Waals surface area contributed by atoms with Crippen LogP contribution in [-0.2, 0) is 4.79 Å². The second-order valence-corrected chi connectivity index (χ2v) is 8.38. The molecule has 2 aromatic carbocycles. The number of carbonyl (C=O) groups excluding carboxylic acids is 2. The number of benzene rings is 2. The fourth-order valence-electron chi connectivity index (χ4n) is 4.42. The van der Waals surface area contributed by atoms with Crippen molar-refractivity contribution in [3.63, 3.8) is 0 Å². The molecule has 0 radical (unpaired) electrons. The number of nitrogens with zero attached hydrogens (tertiary/aromatic N) is 2. The first kappa shape index (κ1) is 21.8. The molecule has 1 saturated carbocycles. The van der Waals surface area contributed by atoms with Crippen LogP contribution in [0.25, 0.3) is 11.0 Å². The quantitative estimate of drug-likeness (QED) is 0.386. The number of hydrogen-bond donors (Lipinski definition) is 2. The number of anilines is 2. The number of fused-ring (bicyclic) bond motifs is 1. The van der Waals surface area contributed by atoms with Crippen LogP contribution in [0.15, 0.2) is 71.3 Å². The third-order valence-electron chi connectivity index (χ3n) is 5.99. The summed E-state index contributed by atoms with van der Waals surface area (Å²) in [6.45, 7) is -0.177. The van der Waals surface area contributed by atoms with Gasteiger partial charge in [-0.15, -0.1) is 0 Å². The molecule has 34 heavy (non-hydrogen) atoms. The third-order valence-corrected chi connectivity index (χ3v) is 5.99. The van der Waals surface area contributed by atoms with E-state index in [1.807, 2.05) is 24.3 Å². The molecule has 1 aliphatic carbocycles. The Bertz CT molecular complexity index is 1290. The Hall–Kier alpha value is -4.07. The van der Waals surface area contributed by atoms with Crippen molar-refractivity contribution in [1.82, 2.24) is 9.55 Å². The van der Waals surface area contributed by atoms with Gasteiger partial charge in [0.25, 0.3) is 11.8 Å². The summed E-state index contributed by atoms with van der Waals surface area (Å²) in [7, 11) is 0. The van der Waals surface area contributed by atoms with Gasteiger partial charge in [-0.1, -0.05) is 37.5 Å². The standard InChI is InChI=1S/C26H26N4O4/c31-24(17-34-20-11-6-8-18(16-20)27-25(32)23-14-7-15-33-23)29-26-28-21-12-4-5-13-22(21)30(26)19-9-2-1-3-10-19/h4-8,11-16,19H,1-3,9-10,17H2,(H,27,32)(H,28,29,31). The molecule has 2 amide bonds. The summed E-state index contributed by atoms with van der Waals surface area (Å²) in [6.07, 6.45) is 7.21. The Morgan fingerprint density at radius 3 is 2.68 bits per heavy atom. The molecule has 174 valence electrons. The molecule has 2 heterocycles. The molecule has 4 aromatic rings. The number of hydrogen-bond acceptors (Lipinski definition) is 5. The van der Waals surface area contributed by atoms with E-state index in [0.29, 0.717) is 23.4 Å². The summed E-state index contributed by atoms with van der Waals surface area (Å²) in [5, 5.41) is 5.68. The zero-order chi connectivity index (χ0) is 23.3. The van der Waals surface area contributed by atoms with Crippen LogP contribution in [0, 0.1) is 0 Å². The van der Waals surface area contributed by atoms with Crippen molar-refractivity contribution in [3.8, 4) is 5.75 Å². The molecule has 8 heteroatoms. The Kier molecular flexibility index (Phi) is 6.29. The van der Waals surface area contributed by atoms with E-state index in [2.05, 4.69) is 20.2 Å². The summed E-state index contributed by atoms with van der Waals surface area (Å²) in [6, 6.07) is 18.4. The first-order chi connectivity index (χ1) is 16.7. The SMILES string of the molecule is O=C(COc1cccc(NC(=O)c2ccco2)c1)Nc1nc2ccccc2n1C1CCCCC1. The lowest BCUT2D eigenvalue weighted by Gasteiger charge is -2.25. The predicted octanol–water partition coefficient (Wildman–Crippen LogP) is 5.40. The second-order valence-electron chi connectivity index (χ2n) is 8.38. The topological polar surface area (TPSA) is 98.4 Å². The van der Waals surface area contributed by atoms with Crippen LogP contribution in [0.2, 0.25) is 0 Å². The van der Waals surface area contributed by atoms with Gasteiger partial charge >= 0.3 is 0 Å². The van der Waals surface area contributed by atoms with E-state index in [0.717, 1.165) is 23.9 Å². The number of imidazole rings is 1. The number of nitrogens with one attached hydrogen (secondary N) is 2. The van der Waals surface area contributed by atoms with Crippen molar-refractivity contribution in [2.24, 2.45) is 0 Å². The average molecular weight is 459 g/mol. The highest BCUT2D eigenvalue weighted by Crippen LogP contribution is 2.34. The lowest BCUT2D eigenvalue weighted by Crippen LogP contribution is -2.24. The van der Waals surface area contributed by atoms with E-state index in [1.165, 1.54) is 25.5 Å². The maximum absolute atomic E-state index is 12.7. The molecular weight excluding hydrogens is 432 g/mol. The van der Waals surface area contributed by atoms with Crippen molar-refractivity contribution in [2.75, 3.05) is 17.2 Å². The molecule has 0 saturated heterocycles. The number of ether oxygens (including phenoxy) is 1. The van der Waals surface area contributed by atoms with Crippen LogP contribution in [0.4, 0.5) is 11.6 Å². The van der Waals surface area contributed by atoms with Gasteiger partial charge in [-0.05, 0) is 49.2 Å². The number of amides is 2. The lowest BCUT2D eigenvalue weighted by atomic mass is 9.95. The smallest absolute Gasteiger partial charge is 0.291 e.